The minimum absolute atomic E-state index is 0.458. The molecule has 0 unspecified atom stereocenters. The second-order valence-electron chi connectivity index (χ2n) is 2.85. The highest BCUT2D eigenvalue weighted by Gasteiger charge is 2.36. The van der Waals surface area contributed by atoms with Crippen LogP contribution in [-0.4, -0.2) is 8.42 Å². The quantitative estimate of drug-likeness (QED) is 0.732. The number of alkyl halides is 3. The number of benzene rings is 1. The first-order valence-corrected chi connectivity index (χ1v) is 6.93. The molecule has 0 amide bonds. The van der Waals surface area contributed by atoms with Gasteiger partial charge in [-0.2, -0.15) is 18.4 Å². The molecule has 0 spiro atoms. The van der Waals surface area contributed by atoms with Gasteiger partial charge in [0.25, 0.3) is 9.05 Å². The molecule has 17 heavy (non-hydrogen) atoms. The summed E-state index contributed by atoms with van der Waals surface area (Å²) in [4.78, 5) is -0.878. The summed E-state index contributed by atoms with van der Waals surface area (Å²) < 4.78 is 59.0. The Bertz CT molecular complexity index is 606. The number of nitrogens with zero attached hydrogens (tertiary/aromatic N) is 1. The lowest BCUT2D eigenvalue weighted by Gasteiger charge is -2.12. The van der Waals surface area contributed by atoms with Crippen molar-refractivity contribution in [3.05, 3.63) is 27.7 Å². The Morgan fingerprint density at radius 1 is 1.35 bits per heavy atom. The van der Waals surface area contributed by atoms with E-state index in [2.05, 4.69) is 15.9 Å². The SMILES string of the molecule is N#Cc1ccc(C(F)(F)F)c(Br)c1S(=O)(=O)Cl. The van der Waals surface area contributed by atoms with Crippen LogP contribution < -0.4 is 0 Å². The molecule has 0 saturated carbocycles. The molecule has 0 aromatic heterocycles. The molecule has 0 aliphatic rings. The number of hydrogen-bond donors (Lipinski definition) is 0. The van der Waals surface area contributed by atoms with Gasteiger partial charge >= 0.3 is 6.18 Å². The van der Waals surface area contributed by atoms with E-state index < -0.39 is 35.7 Å². The molecule has 0 bridgehead atoms. The predicted molar refractivity (Wildman–Crippen MR) is 56.9 cm³/mol. The predicted octanol–water partition coefficient (Wildman–Crippen LogP) is 3.27. The molecule has 0 saturated heterocycles. The van der Waals surface area contributed by atoms with Crippen molar-refractivity contribution in [1.82, 2.24) is 0 Å². The smallest absolute Gasteiger partial charge is 0.207 e. The summed E-state index contributed by atoms with van der Waals surface area (Å²) in [5.41, 5.74) is -1.67. The molecule has 0 aliphatic heterocycles. The van der Waals surface area contributed by atoms with Gasteiger partial charge in [-0.05, 0) is 28.1 Å². The van der Waals surface area contributed by atoms with Crippen LogP contribution >= 0.6 is 26.6 Å². The molecule has 0 radical (unpaired) electrons. The van der Waals surface area contributed by atoms with Gasteiger partial charge in [-0.15, -0.1) is 0 Å². The van der Waals surface area contributed by atoms with Crippen LogP contribution in [0.15, 0.2) is 21.5 Å². The van der Waals surface area contributed by atoms with E-state index in [4.69, 9.17) is 15.9 Å². The third-order valence-electron chi connectivity index (χ3n) is 1.77. The molecule has 92 valence electrons. The van der Waals surface area contributed by atoms with E-state index in [-0.39, 0.29) is 0 Å². The molecule has 1 aromatic carbocycles. The summed E-state index contributed by atoms with van der Waals surface area (Å²) in [7, 11) is 0.537. The standard InChI is InChI=1S/C8H2BrClF3NO2S/c9-6-5(8(11,12)13)2-1-4(3-14)7(6)17(10,15)16/h1-2H. The Morgan fingerprint density at radius 3 is 2.24 bits per heavy atom. The first-order valence-electron chi connectivity index (χ1n) is 3.83. The van der Waals surface area contributed by atoms with E-state index in [1.54, 1.807) is 0 Å². The summed E-state index contributed by atoms with van der Waals surface area (Å²) in [5.74, 6) is 0. The van der Waals surface area contributed by atoms with Gasteiger partial charge in [0.2, 0.25) is 0 Å². The van der Waals surface area contributed by atoms with E-state index >= 15 is 0 Å². The Balaban J connectivity index is 3.75. The minimum atomic E-state index is -4.75. The van der Waals surface area contributed by atoms with Crippen molar-refractivity contribution in [3.8, 4) is 6.07 Å². The molecule has 0 aliphatic carbocycles. The normalized spacial score (nSPS) is 12.2. The van der Waals surface area contributed by atoms with Crippen LogP contribution in [0.1, 0.15) is 11.1 Å². The molecule has 0 fully saturated rings. The zero-order chi connectivity index (χ0) is 13.4. The maximum atomic E-state index is 12.5. The lowest BCUT2D eigenvalue weighted by molar-refractivity contribution is -0.138. The number of rotatable bonds is 1. The zero-order valence-electron chi connectivity index (χ0n) is 7.72. The van der Waals surface area contributed by atoms with Gasteiger partial charge in [0.15, 0.2) is 0 Å². The van der Waals surface area contributed by atoms with Gasteiger partial charge < -0.3 is 0 Å². The van der Waals surface area contributed by atoms with Crippen LogP contribution in [0.25, 0.3) is 0 Å². The lowest BCUT2D eigenvalue weighted by Crippen LogP contribution is -2.09. The first kappa shape index (κ1) is 14.3. The molecule has 3 nitrogen and oxygen atoms in total. The van der Waals surface area contributed by atoms with Gasteiger partial charge in [-0.25, -0.2) is 8.42 Å². The van der Waals surface area contributed by atoms with Crippen LogP contribution in [0, 0.1) is 11.3 Å². The van der Waals surface area contributed by atoms with Crippen molar-refractivity contribution in [2.75, 3.05) is 0 Å². The minimum Gasteiger partial charge on any atom is -0.207 e. The number of hydrogen-bond acceptors (Lipinski definition) is 3. The maximum Gasteiger partial charge on any atom is 0.417 e. The van der Waals surface area contributed by atoms with E-state index in [9.17, 15) is 21.6 Å². The van der Waals surface area contributed by atoms with Crippen LogP contribution in [-0.2, 0) is 15.2 Å². The maximum absolute atomic E-state index is 12.5. The molecule has 0 N–H and O–H groups in total. The summed E-state index contributed by atoms with van der Waals surface area (Å²) >= 11 is 2.51. The van der Waals surface area contributed by atoms with Gasteiger partial charge in [-0.3, -0.25) is 0 Å². The molecular weight excluding hydrogens is 347 g/mol. The van der Waals surface area contributed by atoms with Crippen molar-refractivity contribution < 1.29 is 21.6 Å². The van der Waals surface area contributed by atoms with Crippen molar-refractivity contribution in [1.29, 1.82) is 5.26 Å². The fourth-order valence-electron chi connectivity index (χ4n) is 1.10. The lowest BCUT2D eigenvalue weighted by atomic mass is 10.1. The van der Waals surface area contributed by atoms with Crippen LogP contribution in [0.3, 0.4) is 0 Å². The Morgan fingerprint density at radius 2 is 1.88 bits per heavy atom. The number of nitriles is 1. The molecule has 0 heterocycles. The average Bonchev–Trinajstić information content (AvgIpc) is 2.12. The van der Waals surface area contributed by atoms with Crippen molar-refractivity contribution >= 4 is 35.7 Å². The molecular formula is C8H2BrClF3NO2S. The highest BCUT2D eigenvalue weighted by molar-refractivity contribution is 9.10. The van der Waals surface area contributed by atoms with Gasteiger partial charge in [-0.1, -0.05) is 0 Å². The Hall–Kier alpha value is -0.780. The summed E-state index contributed by atoms with van der Waals surface area (Å²) in [6, 6.07) is 2.82. The van der Waals surface area contributed by atoms with Gasteiger partial charge in [0.1, 0.15) is 11.0 Å². The molecule has 1 aromatic rings. The fourth-order valence-corrected chi connectivity index (χ4v) is 3.77. The topological polar surface area (TPSA) is 57.9 Å². The van der Waals surface area contributed by atoms with E-state index in [0.29, 0.717) is 6.07 Å². The van der Waals surface area contributed by atoms with Crippen LogP contribution in [0.4, 0.5) is 13.2 Å². The van der Waals surface area contributed by atoms with E-state index in [0.717, 1.165) is 6.07 Å². The molecule has 9 heteroatoms. The highest BCUT2D eigenvalue weighted by atomic mass is 79.9. The fraction of sp³-hybridized carbons (Fsp3) is 0.125. The largest absolute Gasteiger partial charge is 0.417 e. The zero-order valence-corrected chi connectivity index (χ0v) is 10.9. The van der Waals surface area contributed by atoms with Gasteiger partial charge in [0.05, 0.1) is 15.6 Å². The number of halogens is 5. The van der Waals surface area contributed by atoms with Crippen molar-refractivity contribution in [2.24, 2.45) is 0 Å². The average molecular weight is 349 g/mol. The Kier molecular flexibility index (Phi) is 3.76. The Labute approximate surface area is 107 Å². The molecule has 0 atom stereocenters. The third kappa shape index (κ3) is 2.91. The van der Waals surface area contributed by atoms with Gasteiger partial charge in [0, 0.05) is 10.7 Å². The monoisotopic (exact) mass is 347 g/mol. The van der Waals surface area contributed by atoms with Crippen LogP contribution in [0.5, 0.6) is 0 Å². The van der Waals surface area contributed by atoms with Crippen LogP contribution in [0.2, 0.25) is 0 Å². The first-order chi connectivity index (χ1) is 7.59. The highest BCUT2D eigenvalue weighted by Crippen LogP contribution is 2.40. The second-order valence-corrected chi connectivity index (χ2v) is 6.15. The summed E-state index contributed by atoms with van der Waals surface area (Å²) in [6.45, 7) is 0. The van der Waals surface area contributed by atoms with E-state index in [1.807, 2.05) is 0 Å². The second kappa shape index (κ2) is 4.48. The van der Waals surface area contributed by atoms with Crippen molar-refractivity contribution in [2.45, 2.75) is 11.1 Å². The summed E-state index contributed by atoms with van der Waals surface area (Å²) in [5, 5.41) is 8.62. The van der Waals surface area contributed by atoms with E-state index in [1.165, 1.54) is 6.07 Å². The van der Waals surface area contributed by atoms with Crippen molar-refractivity contribution in [3.63, 3.8) is 0 Å². The molecule has 1 rings (SSSR count). The summed E-state index contributed by atoms with van der Waals surface area (Å²) in [6.07, 6.45) is -4.75. The third-order valence-corrected chi connectivity index (χ3v) is 4.23.